The molecule has 0 saturated heterocycles. The van der Waals surface area contributed by atoms with Crippen LogP contribution in [0, 0.1) is 5.92 Å². The number of aliphatic hydroxyl groups excluding tert-OH is 1. The number of carbonyl (C=O) groups is 1. The van der Waals surface area contributed by atoms with Gasteiger partial charge in [-0.25, -0.2) is 0 Å². The van der Waals surface area contributed by atoms with Gasteiger partial charge in [0.25, 0.3) is 0 Å². The van der Waals surface area contributed by atoms with E-state index in [1.807, 2.05) is 27.2 Å². The molecule has 0 rings (SSSR count). The molecule has 0 amide bonds. The van der Waals surface area contributed by atoms with Crippen LogP contribution in [0.25, 0.3) is 0 Å². The second-order valence-corrected chi connectivity index (χ2v) is 7.98. The fraction of sp³-hybridized carbons (Fsp3) is 0.762. The van der Waals surface area contributed by atoms with E-state index in [4.69, 9.17) is 0 Å². The van der Waals surface area contributed by atoms with Crippen LogP contribution in [0.2, 0.25) is 0 Å². The molecule has 146 valence electrons. The minimum absolute atomic E-state index is 0.406. The van der Waals surface area contributed by atoms with E-state index < -0.39 is 18.0 Å². The van der Waals surface area contributed by atoms with Crippen LogP contribution in [0.1, 0.15) is 64.7 Å². The molecule has 4 heteroatoms. The van der Waals surface area contributed by atoms with E-state index in [1.54, 1.807) is 12.2 Å². The first-order chi connectivity index (χ1) is 11.8. The molecule has 0 aromatic carbocycles. The molecule has 0 aliphatic carbocycles. The predicted molar refractivity (Wildman–Crippen MR) is 106 cm³/mol. The van der Waals surface area contributed by atoms with Gasteiger partial charge in [-0.05, 0) is 12.8 Å². The van der Waals surface area contributed by atoms with Crippen molar-refractivity contribution >= 4 is 5.97 Å². The van der Waals surface area contributed by atoms with Crippen molar-refractivity contribution in [2.75, 3.05) is 27.7 Å². The van der Waals surface area contributed by atoms with Crippen LogP contribution in [-0.2, 0) is 4.79 Å². The van der Waals surface area contributed by atoms with E-state index in [2.05, 4.69) is 13.0 Å². The van der Waals surface area contributed by atoms with Gasteiger partial charge < -0.3 is 14.7 Å². The molecule has 4 nitrogen and oxygen atoms in total. The van der Waals surface area contributed by atoms with Gasteiger partial charge in [0.1, 0.15) is 18.6 Å². The van der Waals surface area contributed by atoms with Crippen LogP contribution in [-0.4, -0.2) is 54.5 Å². The summed E-state index contributed by atoms with van der Waals surface area (Å²) in [5.41, 5.74) is 0. The average molecular weight is 355 g/mol. The largest absolute Gasteiger partial charge is 0.481 e. The molecule has 0 radical (unpaired) electrons. The van der Waals surface area contributed by atoms with Crippen LogP contribution in [0.4, 0.5) is 0 Å². The maximum Gasteiger partial charge on any atom is 0.313 e. The first kappa shape index (κ1) is 23.9. The number of carboxylic acids is 1. The van der Waals surface area contributed by atoms with Gasteiger partial charge in [0.05, 0.1) is 21.1 Å². The highest BCUT2D eigenvalue weighted by Gasteiger charge is 2.28. The van der Waals surface area contributed by atoms with Crippen molar-refractivity contribution in [3.63, 3.8) is 0 Å². The van der Waals surface area contributed by atoms with E-state index >= 15 is 0 Å². The van der Waals surface area contributed by atoms with E-state index in [9.17, 15) is 15.0 Å². The zero-order chi connectivity index (χ0) is 19.1. The number of unbranched alkanes of at least 4 members (excludes halogenated alkanes) is 8. The summed E-state index contributed by atoms with van der Waals surface area (Å²) in [6.45, 7) is 2.65. The second-order valence-electron chi connectivity index (χ2n) is 7.98. The molecule has 0 bridgehead atoms. The van der Waals surface area contributed by atoms with Gasteiger partial charge in [-0.3, -0.25) is 4.79 Å². The molecule has 2 unspecified atom stereocenters. The molecule has 0 aromatic rings. The summed E-state index contributed by atoms with van der Waals surface area (Å²) < 4.78 is 0.535. The molecular weight excluding hydrogens is 314 g/mol. The van der Waals surface area contributed by atoms with Crippen molar-refractivity contribution in [2.24, 2.45) is 5.92 Å². The Morgan fingerprint density at radius 1 is 0.960 bits per heavy atom. The molecule has 2 N–H and O–H groups in total. The van der Waals surface area contributed by atoms with Gasteiger partial charge >= 0.3 is 5.97 Å². The maximum absolute atomic E-state index is 11.3. The highest BCUT2D eigenvalue weighted by Crippen LogP contribution is 2.11. The Morgan fingerprint density at radius 2 is 1.52 bits per heavy atom. The average Bonchev–Trinajstić information content (AvgIpc) is 2.49. The number of quaternary nitrogens is 1. The predicted octanol–water partition coefficient (Wildman–Crippen LogP) is 4.40. The number of hydrogen-bond donors (Lipinski definition) is 2. The van der Waals surface area contributed by atoms with Crippen LogP contribution >= 0.6 is 0 Å². The number of carboxylic acid groups (broad SMARTS) is 1. The Hall–Kier alpha value is -1.13. The van der Waals surface area contributed by atoms with Crippen molar-refractivity contribution < 1.29 is 19.5 Å². The summed E-state index contributed by atoms with van der Waals surface area (Å²) in [6, 6.07) is 0. The monoisotopic (exact) mass is 354 g/mol. The summed E-state index contributed by atoms with van der Waals surface area (Å²) in [5, 5.41) is 19.4. The summed E-state index contributed by atoms with van der Waals surface area (Å²) in [7, 11) is 5.82. The van der Waals surface area contributed by atoms with E-state index in [1.165, 1.54) is 51.4 Å². The number of hydrogen-bond acceptors (Lipinski definition) is 2. The van der Waals surface area contributed by atoms with E-state index in [0.29, 0.717) is 11.0 Å². The lowest BCUT2D eigenvalue weighted by molar-refractivity contribution is -0.873. The van der Waals surface area contributed by atoms with E-state index in [-0.39, 0.29) is 0 Å². The number of likely N-dealkylation sites (N-methyl/N-ethyl adjacent to an activating group) is 1. The number of nitrogens with zero attached hydrogens (tertiary/aromatic N) is 1. The van der Waals surface area contributed by atoms with Crippen molar-refractivity contribution in [1.82, 2.24) is 0 Å². The summed E-state index contributed by atoms with van der Waals surface area (Å²) in [5.74, 6) is -1.83. The fourth-order valence-electron chi connectivity index (χ4n) is 2.80. The highest BCUT2D eigenvalue weighted by atomic mass is 16.4. The Labute approximate surface area is 154 Å². The topological polar surface area (TPSA) is 57.5 Å². The Morgan fingerprint density at radius 3 is 2.04 bits per heavy atom. The summed E-state index contributed by atoms with van der Waals surface area (Å²) in [4.78, 5) is 11.3. The zero-order valence-corrected chi connectivity index (χ0v) is 16.8. The quantitative estimate of drug-likeness (QED) is 0.260. The maximum atomic E-state index is 11.3. The third-order valence-electron chi connectivity index (χ3n) is 4.22. The Kier molecular flexibility index (Phi) is 13.4. The van der Waals surface area contributed by atoms with Crippen LogP contribution in [0.5, 0.6) is 0 Å². The van der Waals surface area contributed by atoms with Gasteiger partial charge in [0, 0.05) is 0 Å². The molecule has 25 heavy (non-hydrogen) atoms. The Balaban J connectivity index is 3.97. The molecule has 2 atom stereocenters. The van der Waals surface area contributed by atoms with Gasteiger partial charge in [0.2, 0.25) is 0 Å². The van der Waals surface area contributed by atoms with Crippen molar-refractivity contribution in [3.8, 4) is 0 Å². The number of aliphatic hydroxyl groups is 1. The van der Waals surface area contributed by atoms with Crippen LogP contribution < -0.4 is 0 Å². The summed E-state index contributed by atoms with van der Waals surface area (Å²) >= 11 is 0. The third-order valence-corrected chi connectivity index (χ3v) is 4.22. The van der Waals surface area contributed by atoms with Crippen molar-refractivity contribution in [2.45, 2.75) is 70.8 Å². The number of aliphatic carboxylic acids is 1. The van der Waals surface area contributed by atoms with Crippen LogP contribution in [0.15, 0.2) is 24.3 Å². The van der Waals surface area contributed by atoms with Gasteiger partial charge in [-0.15, -0.1) is 0 Å². The molecule has 0 aromatic heterocycles. The zero-order valence-electron chi connectivity index (χ0n) is 16.8. The van der Waals surface area contributed by atoms with Crippen molar-refractivity contribution in [3.05, 3.63) is 24.3 Å². The standard InChI is InChI=1S/C21H39NO3/c1-5-6-7-8-9-10-11-12-13-14-15-16-17-19(21(24)25)20(23)18-22(2,3)4/h14-17,19-20,23H,5-13,18H2,1-4H3/p+1. The molecule has 0 saturated carbocycles. The number of allylic oxidation sites excluding steroid dienone is 3. The second kappa shape index (κ2) is 14.1. The normalized spacial score (nSPS) is 15.1. The molecule has 0 aliphatic rings. The SMILES string of the molecule is CCCCCCCCCCC=CC=CC(C(=O)O)C(O)C[N+](C)(C)C. The Bertz CT molecular complexity index is 396. The molecule has 0 aliphatic heterocycles. The third kappa shape index (κ3) is 14.9. The minimum Gasteiger partial charge on any atom is -0.481 e. The first-order valence-corrected chi connectivity index (χ1v) is 9.82. The smallest absolute Gasteiger partial charge is 0.313 e. The molecule has 0 spiro atoms. The number of rotatable bonds is 15. The van der Waals surface area contributed by atoms with Crippen LogP contribution in [0.3, 0.4) is 0 Å². The molecular formula is C21H40NO3+. The lowest BCUT2D eigenvalue weighted by Crippen LogP contribution is -2.45. The van der Waals surface area contributed by atoms with Gasteiger partial charge in [-0.2, -0.15) is 0 Å². The van der Waals surface area contributed by atoms with Crippen molar-refractivity contribution in [1.29, 1.82) is 0 Å². The lowest BCUT2D eigenvalue weighted by atomic mass is 10.0. The first-order valence-electron chi connectivity index (χ1n) is 9.82. The lowest BCUT2D eigenvalue weighted by Gasteiger charge is -2.28. The molecule has 0 heterocycles. The van der Waals surface area contributed by atoms with E-state index in [0.717, 1.165) is 6.42 Å². The minimum atomic E-state index is -0.978. The highest BCUT2D eigenvalue weighted by molar-refractivity contribution is 5.73. The van der Waals surface area contributed by atoms with Gasteiger partial charge in [-0.1, -0.05) is 76.2 Å². The fourth-order valence-corrected chi connectivity index (χ4v) is 2.80. The molecule has 0 fully saturated rings. The summed E-state index contributed by atoms with van der Waals surface area (Å²) in [6.07, 6.45) is 18.0. The van der Waals surface area contributed by atoms with Gasteiger partial charge in [0.15, 0.2) is 0 Å².